The van der Waals surface area contributed by atoms with E-state index in [1.807, 2.05) is 0 Å². The van der Waals surface area contributed by atoms with Crippen LogP contribution in [0.4, 0.5) is 0 Å². The summed E-state index contributed by atoms with van der Waals surface area (Å²) in [4.78, 5) is 16.4. The predicted octanol–water partition coefficient (Wildman–Crippen LogP) is 1.69. The van der Waals surface area contributed by atoms with Gasteiger partial charge in [-0.1, -0.05) is 0 Å². The highest BCUT2D eigenvalue weighted by molar-refractivity contribution is 7.19. The van der Waals surface area contributed by atoms with Crippen LogP contribution >= 0.6 is 11.3 Å². The average Bonchev–Trinajstić information content (AvgIpc) is 3.09. The largest absolute Gasteiger partial charge is 0.506 e. The Balaban J connectivity index is 2.16. The number of fused-ring (bicyclic) bond motifs is 1. The molecule has 2 heterocycles. The zero-order valence-corrected chi connectivity index (χ0v) is 10.9. The van der Waals surface area contributed by atoms with Gasteiger partial charge in [-0.3, -0.25) is 9.36 Å². The van der Waals surface area contributed by atoms with Crippen LogP contribution in [0.2, 0.25) is 0 Å². The Morgan fingerprint density at radius 2 is 2.39 bits per heavy atom. The van der Waals surface area contributed by atoms with Crippen LogP contribution in [0.5, 0.6) is 5.75 Å². The first-order valence-corrected chi connectivity index (χ1v) is 6.74. The first kappa shape index (κ1) is 11.7. The first-order valence-electron chi connectivity index (χ1n) is 5.93. The van der Waals surface area contributed by atoms with E-state index in [0.29, 0.717) is 29.4 Å². The summed E-state index contributed by atoms with van der Waals surface area (Å²) in [6.45, 7) is 0.913. The maximum absolute atomic E-state index is 11.9. The Morgan fingerprint density at radius 3 is 3.06 bits per heavy atom. The van der Waals surface area contributed by atoms with E-state index in [0.717, 1.165) is 17.8 Å². The lowest BCUT2D eigenvalue weighted by Crippen LogP contribution is -2.21. The number of hydrogen-bond acceptors (Lipinski definition) is 5. The Kier molecular flexibility index (Phi) is 2.83. The summed E-state index contributed by atoms with van der Waals surface area (Å²) in [5.74, 6) is 0.556. The molecule has 0 aromatic carbocycles. The number of aromatic nitrogens is 2. The topological polar surface area (TPSA) is 64.3 Å². The van der Waals surface area contributed by atoms with Gasteiger partial charge in [-0.05, 0) is 12.8 Å². The van der Waals surface area contributed by atoms with E-state index in [1.54, 1.807) is 11.7 Å². The zero-order chi connectivity index (χ0) is 12.7. The summed E-state index contributed by atoms with van der Waals surface area (Å²) in [5, 5.41) is 10.9. The van der Waals surface area contributed by atoms with Crippen molar-refractivity contribution in [3.05, 3.63) is 21.4 Å². The average molecular weight is 266 g/mol. The fourth-order valence-corrected chi connectivity index (χ4v) is 3.10. The number of aromatic hydroxyl groups is 1. The van der Waals surface area contributed by atoms with Gasteiger partial charge in [0.1, 0.15) is 10.4 Å². The molecule has 1 aliphatic carbocycles. The molecule has 1 saturated carbocycles. The van der Waals surface area contributed by atoms with Crippen LogP contribution in [0.15, 0.2) is 10.9 Å². The SMILES string of the molecule is COCCn1c(=O)cc(O)c2sc(C3CC3)nc21. The van der Waals surface area contributed by atoms with Gasteiger partial charge in [-0.15, -0.1) is 11.3 Å². The van der Waals surface area contributed by atoms with Crippen molar-refractivity contribution in [1.29, 1.82) is 0 Å². The number of ether oxygens (including phenoxy) is 1. The number of thiazole rings is 1. The lowest BCUT2D eigenvalue weighted by Gasteiger charge is -2.06. The van der Waals surface area contributed by atoms with Crippen LogP contribution in [0.25, 0.3) is 10.3 Å². The highest BCUT2D eigenvalue weighted by Gasteiger charge is 2.28. The predicted molar refractivity (Wildman–Crippen MR) is 69.4 cm³/mol. The standard InChI is InChI=1S/C12H14N2O3S/c1-17-5-4-14-9(16)6-8(15)10-11(14)13-12(18-10)7-2-3-7/h6-7,15H,2-5H2,1H3. The molecule has 0 atom stereocenters. The first-order chi connectivity index (χ1) is 8.70. The third-order valence-corrected chi connectivity index (χ3v) is 4.32. The number of pyridine rings is 1. The molecule has 0 spiro atoms. The molecule has 0 aliphatic heterocycles. The van der Waals surface area contributed by atoms with Gasteiger partial charge in [0.25, 0.3) is 5.56 Å². The summed E-state index contributed by atoms with van der Waals surface area (Å²) < 4.78 is 7.27. The van der Waals surface area contributed by atoms with Crippen molar-refractivity contribution in [2.45, 2.75) is 25.3 Å². The smallest absolute Gasteiger partial charge is 0.256 e. The van der Waals surface area contributed by atoms with Crippen LogP contribution in [0.3, 0.4) is 0 Å². The van der Waals surface area contributed by atoms with E-state index in [4.69, 9.17) is 4.74 Å². The van der Waals surface area contributed by atoms with Crippen molar-refractivity contribution in [1.82, 2.24) is 9.55 Å². The van der Waals surface area contributed by atoms with E-state index in [9.17, 15) is 9.90 Å². The maximum atomic E-state index is 11.9. The lowest BCUT2D eigenvalue weighted by atomic mass is 10.4. The van der Waals surface area contributed by atoms with E-state index in [2.05, 4.69) is 4.98 Å². The quantitative estimate of drug-likeness (QED) is 0.914. The second-order valence-electron chi connectivity index (χ2n) is 4.49. The number of hydrogen-bond donors (Lipinski definition) is 1. The fraction of sp³-hybridized carbons (Fsp3) is 0.500. The van der Waals surface area contributed by atoms with Gasteiger partial charge in [-0.25, -0.2) is 4.98 Å². The second kappa shape index (κ2) is 4.37. The fourth-order valence-electron chi connectivity index (χ4n) is 1.95. The van der Waals surface area contributed by atoms with Crippen LogP contribution in [0, 0.1) is 0 Å². The molecule has 1 N–H and O–H groups in total. The molecule has 0 bridgehead atoms. The molecule has 0 saturated heterocycles. The second-order valence-corrected chi connectivity index (χ2v) is 5.52. The monoisotopic (exact) mass is 266 g/mol. The highest BCUT2D eigenvalue weighted by Crippen LogP contribution is 2.44. The van der Waals surface area contributed by atoms with Crippen LogP contribution in [0.1, 0.15) is 23.8 Å². The molecule has 6 heteroatoms. The molecule has 0 amide bonds. The molecule has 2 aromatic rings. The molecule has 1 fully saturated rings. The Hall–Kier alpha value is -1.40. The van der Waals surface area contributed by atoms with Gasteiger partial charge in [0.2, 0.25) is 0 Å². The third kappa shape index (κ3) is 1.91. The van der Waals surface area contributed by atoms with Crippen LogP contribution in [-0.4, -0.2) is 28.4 Å². The van der Waals surface area contributed by atoms with Gasteiger partial charge in [-0.2, -0.15) is 0 Å². The van der Waals surface area contributed by atoms with Crippen LogP contribution in [-0.2, 0) is 11.3 Å². The minimum atomic E-state index is -0.232. The molecule has 3 rings (SSSR count). The molecule has 0 radical (unpaired) electrons. The Morgan fingerprint density at radius 1 is 1.61 bits per heavy atom. The van der Waals surface area contributed by atoms with E-state index >= 15 is 0 Å². The van der Waals surface area contributed by atoms with Gasteiger partial charge in [0, 0.05) is 19.1 Å². The molecule has 0 unspecified atom stereocenters. The minimum absolute atomic E-state index is 0.0352. The van der Waals surface area contributed by atoms with Crippen molar-refractivity contribution in [2.75, 3.05) is 13.7 Å². The third-order valence-electron chi connectivity index (χ3n) is 3.09. The molecular formula is C12H14N2O3S. The van der Waals surface area contributed by atoms with Crippen molar-refractivity contribution in [3.63, 3.8) is 0 Å². The summed E-state index contributed by atoms with van der Waals surface area (Å²) in [5.41, 5.74) is 0.355. The van der Waals surface area contributed by atoms with Gasteiger partial charge in [0.15, 0.2) is 5.65 Å². The molecule has 2 aromatic heterocycles. The number of nitrogens with zero attached hydrogens (tertiary/aromatic N) is 2. The summed E-state index contributed by atoms with van der Waals surface area (Å²) in [6.07, 6.45) is 2.31. The highest BCUT2D eigenvalue weighted by atomic mass is 32.1. The molecular weight excluding hydrogens is 252 g/mol. The summed E-state index contributed by atoms with van der Waals surface area (Å²) in [7, 11) is 1.60. The molecule has 1 aliphatic rings. The van der Waals surface area contributed by atoms with Crippen molar-refractivity contribution >= 4 is 21.7 Å². The molecule has 96 valence electrons. The van der Waals surface area contributed by atoms with Crippen molar-refractivity contribution in [2.24, 2.45) is 0 Å². The summed E-state index contributed by atoms with van der Waals surface area (Å²) in [6, 6.07) is 1.26. The van der Waals surface area contributed by atoms with E-state index < -0.39 is 0 Å². The maximum Gasteiger partial charge on any atom is 0.256 e. The van der Waals surface area contributed by atoms with Gasteiger partial charge in [0.05, 0.1) is 18.2 Å². The zero-order valence-electron chi connectivity index (χ0n) is 10.0. The van der Waals surface area contributed by atoms with E-state index in [-0.39, 0.29) is 11.3 Å². The van der Waals surface area contributed by atoms with Crippen LogP contribution < -0.4 is 5.56 Å². The Bertz CT molecular complexity index is 643. The normalized spacial score (nSPS) is 15.4. The van der Waals surface area contributed by atoms with E-state index in [1.165, 1.54) is 17.4 Å². The number of rotatable bonds is 4. The molecule has 5 nitrogen and oxygen atoms in total. The van der Waals surface area contributed by atoms with Crippen molar-refractivity contribution < 1.29 is 9.84 Å². The molecule has 18 heavy (non-hydrogen) atoms. The van der Waals surface area contributed by atoms with Crippen molar-refractivity contribution in [3.8, 4) is 5.75 Å². The van der Waals surface area contributed by atoms with Gasteiger partial charge >= 0.3 is 0 Å². The van der Waals surface area contributed by atoms with Gasteiger partial charge < -0.3 is 9.84 Å². The lowest BCUT2D eigenvalue weighted by molar-refractivity contribution is 0.187. The minimum Gasteiger partial charge on any atom is -0.506 e. The number of methoxy groups -OCH3 is 1. The summed E-state index contributed by atoms with van der Waals surface area (Å²) >= 11 is 1.49. The Labute approximate surface area is 108 Å².